The van der Waals surface area contributed by atoms with Crippen molar-refractivity contribution in [3.8, 4) is 0 Å². The van der Waals surface area contributed by atoms with Crippen molar-refractivity contribution in [2.75, 3.05) is 5.32 Å². The summed E-state index contributed by atoms with van der Waals surface area (Å²) in [5, 5.41) is 3.34. The van der Waals surface area contributed by atoms with E-state index in [0.717, 1.165) is 6.42 Å². The van der Waals surface area contributed by atoms with E-state index >= 15 is 0 Å². The Bertz CT molecular complexity index is 329. The summed E-state index contributed by atoms with van der Waals surface area (Å²) >= 11 is 5.57. The number of nitrogens with zero attached hydrogens (tertiary/aromatic N) is 1. The molecule has 0 spiro atoms. The van der Waals surface area contributed by atoms with Gasteiger partial charge in [0, 0.05) is 12.2 Å². The predicted octanol–water partition coefficient (Wildman–Crippen LogP) is 2.69. The van der Waals surface area contributed by atoms with E-state index in [4.69, 9.17) is 11.6 Å². The van der Waals surface area contributed by atoms with Crippen LogP contribution in [-0.2, 0) is 0 Å². The molecular weight excluding hydrogens is 191 g/mol. The number of aromatic nitrogens is 1. The topological polar surface area (TPSA) is 24.9 Å². The molecule has 1 aromatic rings. The average Bonchev–Trinajstić information content (AvgIpc) is 2.73. The lowest BCUT2D eigenvalue weighted by atomic mass is 10.4. The van der Waals surface area contributed by atoms with Crippen molar-refractivity contribution in [1.82, 2.24) is 4.98 Å². The van der Waals surface area contributed by atoms with Crippen LogP contribution in [0.2, 0.25) is 5.02 Å². The van der Waals surface area contributed by atoms with Crippen LogP contribution in [0.1, 0.15) is 13.3 Å². The standard InChI is InChI=1S/C9H10ClFN2/c1-5-2-8(5)13-9-7(11)3-6(10)4-12-9/h3-5,8H,2H2,1H3,(H,12,13). The second-order valence-electron chi connectivity index (χ2n) is 3.45. The zero-order chi connectivity index (χ0) is 9.42. The summed E-state index contributed by atoms with van der Waals surface area (Å²) in [4.78, 5) is 3.87. The van der Waals surface area contributed by atoms with E-state index in [-0.39, 0.29) is 5.82 Å². The van der Waals surface area contributed by atoms with Crippen molar-refractivity contribution in [1.29, 1.82) is 0 Å². The fraction of sp³-hybridized carbons (Fsp3) is 0.444. The van der Waals surface area contributed by atoms with Gasteiger partial charge in [-0.1, -0.05) is 18.5 Å². The van der Waals surface area contributed by atoms with Gasteiger partial charge < -0.3 is 5.32 Å². The first-order valence-corrected chi connectivity index (χ1v) is 4.62. The molecule has 0 amide bonds. The van der Waals surface area contributed by atoms with Gasteiger partial charge in [-0.3, -0.25) is 0 Å². The fourth-order valence-corrected chi connectivity index (χ4v) is 1.36. The Morgan fingerprint density at radius 2 is 2.38 bits per heavy atom. The number of anilines is 1. The molecule has 2 nitrogen and oxygen atoms in total. The van der Waals surface area contributed by atoms with Crippen molar-refractivity contribution in [2.45, 2.75) is 19.4 Å². The van der Waals surface area contributed by atoms with Gasteiger partial charge >= 0.3 is 0 Å². The Hall–Kier alpha value is -0.830. The van der Waals surface area contributed by atoms with Gasteiger partial charge in [-0.25, -0.2) is 9.37 Å². The molecule has 13 heavy (non-hydrogen) atoms. The summed E-state index contributed by atoms with van der Waals surface area (Å²) < 4.78 is 13.2. The molecular formula is C9H10ClFN2. The van der Waals surface area contributed by atoms with Crippen LogP contribution >= 0.6 is 11.6 Å². The second-order valence-corrected chi connectivity index (χ2v) is 3.88. The largest absolute Gasteiger partial charge is 0.365 e. The van der Waals surface area contributed by atoms with Crippen molar-refractivity contribution >= 4 is 17.4 Å². The lowest BCUT2D eigenvalue weighted by Crippen LogP contribution is -2.06. The predicted molar refractivity (Wildman–Crippen MR) is 50.4 cm³/mol. The minimum atomic E-state index is -0.383. The number of nitrogens with one attached hydrogen (secondary N) is 1. The van der Waals surface area contributed by atoms with Crippen molar-refractivity contribution in [3.05, 3.63) is 23.1 Å². The second kappa shape index (κ2) is 3.14. The van der Waals surface area contributed by atoms with Gasteiger partial charge in [0.15, 0.2) is 11.6 Å². The average molecular weight is 201 g/mol. The number of hydrogen-bond acceptors (Lipinski definition) is 2. The van der Waals surface area contributed by atoms with Crippen LogP contribution < -0.4 is 5.32 Å². The molecule has 0 aliphatic heterocycles. The highest BCUT2D eigenvalue weighted by Crippen LogP contribution is 2.32. The maximum absolute atomic E-state index is 13.2. The Kier molecular flexibility index (Phi) is 2.12. The smallest absolute Gasteiger partial charge is 0.166 e. The van der Waals surface area contributed by atoms with Crippen LogP contribution in [0.25, 0.3) is 0 Å². The highest BCUT2D eigenvalue weighted by atomic mass is 35.5. The van der Waals surface area contributed by atoms with E-state index in [1.165, 1.54) is 12.3 Å². The van der Waals surface area contributed by atoms with Crippen molar-refractivity contribution < 1.29 is 4.39 Å². The van der Waals surface area contributed by atoms with E-state index in [2.05, 4.69) is 17.2 Å². The molecule has 1 aliphatic rings. The van der Waals surface area contributed by atoms with E-state index in [0.29, 0.717) is 22.8 Å². The molecule has 1 saturated carbocycles. The van der Waals surface area contributed by atoms with Gasteiger partial charge in [0.2, 0.25) is 0 Å². The molecule has 0 aromatic carbocycles. The van der Waals surface area contributed by atoms with Gasteiger partial charge in [0.25, 0.3) is 0 Å². The molecule has 1 fully saturated rings. The number of rotatable bonds is 2. The molecule has 2 rings (SSSR count). The normalized spacial score (nSPS) is 25.8. The number of halogens is 2. The minimum Gasteiger partial charge on any atom is -0.365 e. The summed E-state index contributed by atoms with van der Waals surface area (Å²) in [6.45, 7) is 2.12. The number of pyridine rings is 1. The highest BCUT2D eigenvalue weighted by molar-refractivity contribution is 6.30. The summed E-state index contributed by atoms with van der Waals surface area (Å²) in [7, 11) is 0. The maximum Gasteiger partial charge on any atom is 0.166 e. The Morgan fingerprint density at radius 1 is 1.69 bits per heavy atom. The molecule has 1 N–H and O–H groups in total. The van der Waals surface area contributed by atoms with E-state index < -0.39 is 0 Å². The lowest BCUT2D eigenvalue weighted by molar-refractivity contribution is 0.623. The maximum atomic E-state index is 13.2. The first-order chi connectivity index (χ1) is 6.16. The van der Waals surface area contributed by atoms with Crippen molar-refractivity contribution in [3.63, 3.8) is 0 Å². The molecule has 0 saturated heterocycles. The zero-order valence-electron chi connectivity index (χ0n) is 7.22. The van der Waals surface area contributed by atoms with Gasteiger partial charge in [0.05, 0.1) is 5.02 Å². The Balaban J connectivity index is 2.11. The first-order valence-electron chi connectivity index (χ1n) is 4.24. The summed E-state index contributed by atoms with van der Waals surface area (Å²) in [5.74, 6) is 0.544. The Morgan fingerprint density at radius 3 is 2.92 bits per heavy atom. The van der Waals surface area contributed by atoms with Gasteiger partial charge in [-0.15, -0.1) is 0 Å². The monoisotopic (exact) mass is 200 g/mol. The van der Waals surface area contributed by atoms with Crippen molar-refractivity contribution in [2.24, 2.45) is 5.92 Å². The third-order valence-corrected chi connectivity index (χ3v) is 2.45. The van der Waals surface area contributed by atoms with Gasteiger partial charge in [-0.05, 0) is 18.4 Å². The van der Waals surface area contributed by atoms with Crippen LogP contribution in [0.15, 0.2) is 12.3 Å². The van der Waals surface area contributed by atoms with Crippen LogP contribution in [0, 0.1) is 11.7 Å². The third-order valence-electron chi connectivity index (χ3n) is 2.24. The molecule has 0 bridgehead atoms. The van der Waals surface area contributed by atoms with Gasteiger partial charge in [0.1, 0.15) is 0 Å². The SMILES string of the molecule is CC1CC1Nc1ncc(Cl)cc1F. The van der Waals surface area contributed by atoms with Crippen LogP contribution in [0.3, 0.4) is 0 Å². The first kappa shape index (κ1) is 8.75. The fourth-order valence-electron chi connectivity index (χ4n) is 1.22. The highest BCUT2D eigenvalue weighted by Gasteiger charge is 2.33. The molecule has 4 heteroatoms. The minimum absolute atomic E-state index is 0.304. The molecule has 70 valence electrons. The summed E-state index contributed by atoms with van der Waals surface area (Å²) in [5.41, 5.74) is 0. The van der Waals surface area contributed by atoms with E-state index in [1.54, 1.807) is 0 Å². The lowest BCUT2D eigenvalue weighted by Gasteiger charge is -2.04. The molecule has 1 aromatic heterocycles. The summed E-state index contributed by atoms with van der Waals surface area (Å²) in [6.07, 6.45) is 2.53. The quantitative estimate of drug-likeness (QED) is 0.794. The molecule has 2 atom stereocenters. The molecule has 0 radical (unpaired) electrons. The van der Waals surface area contributed by atoms with Crippen LogP contribution in [0.5, 0.6) is 0 Å². The summed E-state index contributed by atoms with van der Waals surface area (Å²) in [6, 6.07) is 1.65. The van der Waals surface area contributed by atoms with Crippen LogP contribution in [-0.4, -0.2) is 11.0 Å². The van der Waals surface area contributed by atoms with Gasteiger partial charge in [-0.2, -0.15) is 0 Å². The zero-order valence-corrected chi connectivity index (χ0v) is 7.98. The Labute approximate surface area is 81.1 Å². The number of hydrogen-bond donors (Lipinski definition) is 1. The molecule has 2 unspecified atom stereocenters. The van der Waals surface area contributed by atoms with E-state index in [1.807, 2.05) is 0 Å². The molecule has 1 aliphatic carbocycles. The molecule has 1 heterocycles. The third kappa shape index (κ3) is 1.91. The van der Waals surface area contributed by atoms with E-state index in [9.17, 15) is 4.39 Å². The van der Waals surface area contributed by atoms with Crippen LogP contribution in [0.4, 0.5) is 10.2 Å².